The summed E-state index contributed by atoms with van der Waals surface area (Å²) >= 11 is 5.83. The van der Waals surface area contributed by atoms with Crippen molar-refractivity contribution in [2.24, 2.45) is 5.92 Å². The van der Waals surface area contributed by atoms with Gasteiger partial charge in [-0.2, -0.15) is 0 Å². The summed E-state index contributed by atoms with van der Waals surface area (Å²) in [5, 5.41) is 0.581. The van der Waals surface area contributed by atoms with Crippen molar-refractivity contribution in [3.05, 3.63) is 23.2 Å². The van der Waals surface area contributed by atoms with Crippen LogP contribution in [0.2, 0.25) is 5.02 Å². The summed E-state index contributed by atoms with van der Waals surface area (Å²) in [6.07, 6.45) is 0.929. The summed E-state index contributed by atoms with van der Waals surface area (Å²) in [6.45, 7) is 4.22. The Labute approximate surface area is 98.3 Å². The van der Waals surface area contributed by atoms with E-state index in [0.29, 0.717) is 27.3 Å². The molecule has 0 aromatic heterocycles. The zero-order chi connectivity index (χ0) is 11.4. The van der Waals surface area contributed by atoms with Gasteiger partial charge in [-0.1, -0.05) is 25.4 Å². The minimum Gasteiger partial charge on any atom is -0.398 e. The second kappa shape index (κ2) is 5.52. The highest BCUT2D eigenvalue weighted by Gasteiger charge is 2.09. The number of halogens is 1. The van der Waals surface area contributed by atoms with Gasteiger partial charge in [0.15, 0.2) is 0 Å². The molecule has 1 atom stereocenters. The summed E-state index contributed by atoms with van der Waals surface area (Å²) in [6, 6.07) is 5.10. The molecule has 0 aliphatic heterocycles. The average molecular weight is 246 g/mol. The van der Waals surface area contributed by atoms with Crippen LogP contribution in [0.5, 0.6) is 0 Å². The molecule has 0 amide bonds. The van der Waals surface area contributed by atoms with E-state index in [2.05, 4.69) is 13.8 Å². The Balaban J connectivity index is 2.77. The third-order valence-corrected chi connectivity index (χ3v) is 3.79. The second-order valence-corrected chi connectivity index (χ2v) is 5.89. The quantitative estimate of drug-likeness (QED) is 0.829. The highest BCUT2D eigenvalue weighted by Crippen LogP contribution is 2.22. The van der Waals surface area contributed by atoms with Gasteiger partial charge in [0.25, 0.3) is 0 Å². The summed E-state index contributed by atoms with van der Waals surface area (Å²) in [5.41, 5.74) is 6.30. The number of hydrogen-bond acceptors (Lipinski definition) is 2. The fraction of sp³-hybridized carbons (Fsp3) is 0.455. The molecule has 0 heterocycles. The Morgan fingerprint density at radius 1 is 1.47 bits per heavy atom. The first-order chi connectivity index (χ1) is 7.00. The molecule has 1 unspecified atom stereocenters. The van der Waals surface area contributed by atoms with E-state index in [1.807, 2.05) is 0 Å². The van der Waals surface area contributed by atoms with Gasteiger partial charge in [-0.3, -0.25) is 4.21 Å². The first-order valence-electron chi connectivity index (χ1n) is 4.94. The maximum atomic E-state index is 11.9. The Morgan fingerprint density at radius 2 is 2.13 bits per heavy atom. The standard InChI is InChI=1S/C11H16ClNOS/c1-8(2)5-6-15(14)11-7-9(12)3-4-10(11)13/h3-4,7-8H,5-6,13H2,1-2H3. The van der Waals surface area contributed by atoms with Crippen molar-refractivity contribution < 1.29 is 4.21 Å². The summed E-state index contributed by atoms with van der Waals surface area (Å²) < 4.78 is 11.9. The van der Waals surface area contributed by atoms with Crippen LogP contribution in [0.1, 0.15) is 20.3 Å². The molecule has 15 heavy (non-hydrogen) atoms. The molecule has 1 aromatic rings. The topological polar surface area (TPSA) is 43.1 Å². The molecule has 0 saturated carbocycles. The molecule has 0 aliphatic rings. The largest absolute Gasteiger partial charge is 0.398 e. The van der Waals surface area contributed by atoms with Gasteiger partial charge in [-0.05, 0) is 30.5 Å². The number of hydrogen-bond donors (Lipinski definition) is 1. The number of rotatable bonds is 4. The van der Waals surface area contributed by atoms with Crippen molar-refractivity contribution in [1.29, 1.82) is 0 Å². The van der Waals surface area contributed by atoms with E-state index < -0.39 is 10.8 Å². The number of nitrogens with two attached hydrogens (primary N) is 1. The molecular weight excluding hydrogens is 230 g/mol. The van der Waals surface area contributed by atoms with Crippen molar-refractivity contribution in [3.8, 4) is 0 Å². The molecule has 0 fully saturated rings. The van der Waals surface area contributed by atoms with E-state index >= 15 is 0 Å². The molecular formula is C11H16ClNOS. The third kappa shape index (κ3) is 3.84. The predicted molar refractivity (Wildman–Crippen MR) is 66.6 cm³/mol. The van der Waals surface area contributed by atoms with Gasteiger partial charge in [-0.15, -0.1) is 0 Å². The normalized spacial score (nSPS) is 13.1. The molecule has 2 nitrogen and oxygen atoms in total. The van der Waals surface area contributed by atoms with E-state index in [0.717, 1.165) is 6.42 Å². The maximum Gasteiger partial charge on any atom is 0.0632 e. The summed E-state index contributed by atoms with van der Waals surface area (Å²) in [5.74, 6) is 1.19. The minimum absolute atomic E-state index is 0.550. The smallest absolute Gasteiger partial charge is 0.0632 e. The molecule has 0 saturated heterocycles. The molecule has 4 heteroatoms. The molecule has 0 bridgehead atoms. The van der Waals surface area contributed by atoms with Crippen LogP contribution in [0.3, 0.4) is 0 Å². The van der Waals surface area contributed by atoms with Gasteiger partial charge in [0.2, 0.25) is 0 Å². The lowest BCUT2D eigenvalue weighted by Crippen LogP contribution is -2.04. The molecule has 0 radical (unpaired) electrons. The fourth-order valence-electron chi connectivity index (χ4n) is 1.16. The second-order valence-electron chi connectivity index (χ2n) is 3.91. The highest BCUT2D eigenvalue weighted by molar-refractivity contribution is 7.85. The zero-order valence-electron chi connectivity index (χ0n) is 9.00. The van der Waals surface area contributed by atoms with Gasteiger partial charge < -0.3 is 5.73 Å². The van der Waals surface area contributed by atoms with Gasteiger partial charge in [0.05, 0.1) is 15.7 Å². The molecule has 1 rings (SSSR count). The highest BCUT2D eigenvalue weighted by atomic mass is 35.5. The van der Waals surface area contributed by atoms with Crippen molar-refractivity contribution in [2.75, 3.05) is 11.5 Å². The Morgan fingerprint density at radius 3 is 2.73 bits per heavy atom. The van der Waals surface area contributed by atoms with Gasteiger partial charge in [-0.25, -0.2) is 0 Å². The van der Waals surface area contributed by atoms with Gasteiger partial charge in [0, 0.05) is 16.5 Å². The first kappa shape index (κ1) is 12.5. The number of anilines is 1. The molecule has 0 aliphatic carbocycles. The summed E-state index contributed by atoms with van der Waals surface area (Å²) in [7, 11) is -1.04. The number of benzene rings is 1. The lowest BCUT2D eigenvalue weighted by molar-refractivity contribution is 0.619. The maximum absolute atomic E-state index is 11.9. The van der Waals surface area contributed by atoms with E-state index in [1.165, 1.54) is 0 Å². The predicted octanol–water partition coefficient (Wildman–Crippen LogP) is 3.08. The SMILES string of the molecule is CC(C)CCS(=O)c1cc(Cl)ccc1N. The van der Waals surface area contributed by atoms with Crippen LogP contribution < -0.4 is 5.73 Å². The van der Waals surface area contributed by atoms with E-state index in [9.17, 15) is 4.21 Å². The van der Waals surface area contributed by atoms with Gasteiger partial charge in [0.1, 0.15) is 0 Å². The molecule has 2 N–H and O–H groups in total. The van der Waals surface area contributed by atoms with Crippen LogP contribution >= 0.6 is 11.6 Å². The van der Waals surface area contributed by atoms with Crippen molar-refractivity contribution >= 4 is 28.1 Å². The zero-order valence-corrected chi connectivity index (χ0v) is 10.6. The Bertz CT molecular complexity index is 366. The third-order valence-electron chi connectivity index (χ3n) is 2.10. The van der Waals surface area contributed by atoms with E-state index in [-0.39, 0.29) is 0 Å². The Hall–Kier alpha value is -0.540. The van der Waals surface area contributed by atoms with Crippen molar-refractivity contribution in [3.63, 3.8) is 0 Å². The van der Waals surface area contributed by atoms with Crippen LogP contribution in [-0.2, 0) is 10.8 Å². The van der Waals surface area contributed by atoms with Crippen LogP contribution in [0.15, 0.2) is 23.1 Å². The number of nitrogen functional groups attached to an aromatic ring is 1. The van der Waals surface area contributed by atoms with Gasteiger partial charge >= 0.3 is 0 Å². The molecule has 1 aromatic carbocycles. The van der Waals surface area contributed by atoms with Crippen LogP contribution in [-0.4, -0.2) is 9.96 Å². The molecule has 0 spiro atoms. The van der Waals surface area contributed by atoms with E-state index in [1.54, 1.807) is 18.2 Å². The van der Waals surface area contributed by atoms with E-state index in [4.69, 9.17) is 17.3 Å². The monoisotopic (exact) mass is 245 g/mol. The molecule has 84 valence electrons. The first-order valence-corrected chi connectivity index (χ1v) is 6.64. The van der Waals surface area contributed by atoms with Crippen LogP contribution in [0, 0.1) is 5.92 Å². The van der Waals surface area contributed by atoms with Crippen LogP contribution in [0.4, 0.5) is 5.69 Å². The lowest BCUT2D eigenvalue weighted by Gasteiger charge is -2.07. The Kier molecular flexibility index (Phi) is 4.61. The van der Waals surface area contributed by atoms with Crippen molar-refractivity contribution in [1.82, 2.24) is 0 Å². The van der Waals surface area contributed by atoms with Crippen molar-refractivity contribution in [2.45, 2.75) is 25.2 Å². The summed E-state index contributed by atoms with van der Waals surface area (Å²) in [4.78, 5) is 0.656. The minimum atomic E-state index is -1.04. The lowest BCUT2D eigenvalue weighted by atomic mass is 10.2. The average Bonchev–Trinajstić information content (AvgIpc) is 2.18. The van der Waals surface area contributed by atoms with Crippen LogP contribution in [0.25, 0.3) is 0 Å². The fourth-order valence-corrected chi connectivity index (χ4v) is 2.89.